The molecule has 0 saturated carbocycles. The molecule has 0 spiro atoms. The Morgan fingerprint density at radius 1 is 0.900 bits per heavy atom. The van der Waals surface area contributed by atoms with Crippen molar-refractivity contribution in [3.63, 3.8) is 0 Å². The zero-order valence-corrected chi connectivity index (χ0v) is 13.9. The number of unbranched alkanes of at least 4 members (excludes halogenated alkanes) is 9. The van der Waals surface area contributed by atoms with Gasteiger partial charge in [0, 0.05) is 6.54 Å². The van der Waals surface area contributed by atoms with Crippen LogP contribution in [0.15, 0.2) is 0 Å². The summed E-state index contributed by atoms with van der Waals surface area (Å²) < 4.78 is 5.25. The number of nitrogens with two attached hydrogens (primary N) is 1. The third-order valence-electron chi connectivity index (χ3n) is 3.79. The Labute approximate surface area is 125 Å². The first-order valence-electron chi connectivity index (χ1n) is 8.42. The Hall–Kier alpha value is -0.570. The number of hydrogen-bond acceptors (Lipinski definition) is 3. The average molecular weight is 285 g/mol. The van der Waals surface area contributed by atoms with Crippen molar-refractivity contribution in [2.24, 2.45) is 11.1 Å². The minimum atomic E-state index is -0.543. The molecule has 2 N–H and O–H groups in total. The smallest absolute Gasteiger partial charge is 0.312 e. The molecule has 0 aromatic carbocycles. The lowest BCUT2D eigenvalue weighted by Gasteiger charge is -2.19. The molecule has 0 fully saturated rings. The Balaban J connectivity index is 3.27. The zero-order valence-electron chi connectivity index (χ0n) is 13.9. The second kappa shape index (κ2) is 12.2. The van der Waals surface area contributed by atoms with E-state index in [2.05, 4.69) is 6.92 Å². The molecule has 3 heteroatoms. The summed E-state index contributed by atoms with van der Waals surface area (Å²) >= 11 is 0. The largest absolute Gasteiger partial charge is 0.465 e. The molecule has 0 atom stereocenters. The molecular formula is C17H35NO2. The van der Waals surface area contributed by atoms with E-state index in [1.165, 1.54) is 51.4 Å². The van der Waals surface area contributed by atoms with Crippen molar-refractivity contribution in [2.75, 3.05) is 13.2 Å². The maximum absolute atomic E-state index is 11.7. The SMILES string of the molecule is CCCCCCCCCCCCOC(=O)C(C)(C)CN. The fraction of sp³-hybridized carbons (Fsp3) is 0.941. The Morgan fingerprint density at radius 2 is 1.35 bits per heavy atom. The lowest BCUT2D eigenvalue weighted by molar-refractivity contribution is -0.153. The Morgan fingerprint density at radius 3 is 1.80 bits per heavy atom. The van der Waals surface area contributed by atoms with Gasteiger partial charge in [0.15, 0.2) is 0 Å². The Bertz CT molecular complexity index is 239. The number of carbonyl (C=O) groups excluding carboxylic acids is 1. The van der Waals surface area contributed by atoms with Gasteiger partial charge in [0.25, 0.3) is 0 Å². The molecule has 0 amide bonds. The highest BCUT2D eigenvalue weighted by Crippen LogP contribution is 2.15. The van der Waals surface area contributed by atoms with Crippen LogP contribution in [0.5, 0.6) is 0 Å². The standard InChI is InChI=1S/C17H35NO2/c1-4-5-6-7-8-9-10-11-12-13-14-20-16(19)17(2,3)15-18/h4-15,18H2,1-3H3. The van der Waals surface area contributed by atoms with Gasteiger partial charge in [0.1, 0.15) is 0 Å². The summed E-state index contributed by atoms with van der Waals surface area (Å²) in [4.78, 5) is 11.7. The normalized spacial score (nSPS) is 11.6. The van der Waals surface area contributed by atoms with Gasteiger partial charge in [-0.25, -0.2) is 0 Å². The van der Waals surface area contributed by atoms with Crippen molar-refractivity contribution < 1.29 is 9.53 Å². The van der Waals surface area contributed by atoms with Crippen LogP contribution in [-0.2, 0) is 9.53 Å². The van der Waals surface area contributed by atoms with Crippen molar-refractivity contribution in [3.05, 3.63) is 0 Å². The molecule has 20 heavy (non-hydrogen) atoms. The summed E-state index contributed by atoms with van der Waals surface area (Å²) in [7, 11) is 0. The van der Waals surface area contributed by atoms with Crippen LogP contribution in [0.2, 0.25) is 0 Å². The molecule has 120 valence electrons. The molecule has 0 aromatic rings. The van der Waals surface area contributed by atoms with Gasteiger partial charge < -0.3 is 10.5 Å². The van der Waals surface area contributed by atoms with E-state index < -0.39 is 5.41 Å². The van der Waals surface area contributed by atoms with Crippen molar-refractivity contribution in [1.82, 2.24) is 0 Å². The first-order valence-corrected chi connectivity index (χ1v) is 8.42. The van der Waals surface area contributed by atoms with Crippen LogP contribution in [0.4, 0.5) is 0 Å². The highest BCUT2D eigenvalue weighted by molar-refractivity contribution is 5.76. The summed E-state index contributed by atoms with van der Waals surface area (Å²) in [5, 5.41) is 0. The minimum absolute atomic E-state index is 0.170. The van der Waals surface area contributed by atoms with Crippen LogP contribution in [-0.4, -0.2) is 19.1 Å². The topological polar surface area (TPSA) is 52.3 Å². The van der Waals surface area contributed by atoms with Gasteiger partial charge in [-0.05, 0) is 20.3 Å². The first-order chi connectivity index (χ1) is 9.54. The van der Waals surface area contributed by atoms with E-state index in [1.54, 1.807) is 0 Å². The molecule has 0 aromatic heterocycles. The van der Waals surface area contributed by atoms with Gasteiger partial charge in [-0.1, -0.05) is 64.7 Å². The van der Waals surface area contributed by atoms with Crippen LogP contribution in [0, 0.1) is 5.41 Å². The molecule has 0 unspecified atom stereocenters. The predicted octanol–water partition coefficient (Wildman–Crippen LogP) is 4.44. The average Bonchev–Trinajstić information content (AvgIpc) is 2.44. The van der Waals surface area contributed by atoms with Crippen LogP contribution in [0.1, 0.15) is 85.0 Å². The van der Waals surface area contributed by atoms with E-state index in [9.17, 15) is 4.79 Å². The van der Waals surface area contributed by atoms with Gasteiger partial charge in [-0.3, -0.25) is 4.79 Å². The summed E-state index contributed by atoms with van der Waals surface area (Å²) in [5.74, 6) is -0.170. The summed E-state index contributed by atoms with van der Waals surface area (Å²) in [6.45, 7) is 6.78. The van der Waals surface area contributed by atoms with E-state index in [-0.39, 0.29) is 5.97 Å². The highest BCUT2D eigenvalue weighted by Gasteiger charge is 2.27. The molecule has 0 aliphatic heterocycles. The van der Waals surface area contributed by atoms with E-state index >= 15 is 0 Å². The fourth-order valence-electron chi connectivity index (χ4n) is 2.03. The van der Waals surface area contributed by atoms with E-state index in [0.29, 0.717) is 13.2 Å². The monoisotopic (exact) mass is 285 g/mol. The van der Waals surface area contributed by atoms with Gasteiger partial charge in [-0.15, -0.1) is 0 Å². The lowest BCUT2D eigenvalue weighted by atomic mass is 9.94. The number of esters is 1. The third kappa shape index (κ3) is 10.2. The highest BCUT2D eigenvalue weighted by atomic mass is 16.5. The van der Waals surface area contributed by atoms with Crippen LogP contribution < -0.4 is 5.73 Å². The van der Waals surface area contributed by atoms with E-state index in [1.807, 2.05) is 13.8 Å². The molecular weight excluding hydrogens is 250 g/mol. The van der Waals surface area contributed by atoms with Gasteiger partial charge >= 0.3 is 5.97 Å². The van der Waals surface area contributed by atoms with Crippen molar-refractivity contribution in [3.8, 4) is 0 Å². The molecule has 0 heterocycles. The quantitative estimate of drug-likeness (QED) is 0.402. The zero-order chi connectivity index (χ0) is 15.3. The second-order valence-electron chi connectivity index (χ2n) is 6.41. The number of rotatable bonds is 13. The number of ether oxygens (including phenoxy) is 1. The fourth-order valence-corrected chi connectivity index (χ4v) is 2.03. The van der Waals surface area contributed by atoms with Crippen molar-refractivity contribution in [1.29, 1.82) is 0 Å². The third-order valence-corrected chi connectivity index (χ3v) is 3.79. The van der Waals surface area contributed by atoms with Gasteiger partial charge in [-0.2, -0.15) is 0 Å². The maximum Gasteiger partial charge on any atom is 0.312 e. The maximum atomic E-state index is 11.7. The molecule has 0 aliphatic rings. The van der Waals surface area contributed by atoms with Crippen LogP contribution in [0.25, 0.3) is 0 Å². The molecule has 0 rings (SSSR count). The molecule has 0 bridgehead atoms. The summed E-state index contributed by atoms with van der Waals surface area (Å²) in [6, 6.07) is 0. The van der Waals surface area contributed by atoms with Crippen LogP contribution >= 0.6 is 0 Å². The first kappa shape index (κ1) is 19.4. The lowest BCUT2D eigenvalue weighted by Crippen LogP contribution is -2.34. The Kier molecular flexibility index (Phi) is 11.8. The summed E-state index contributed by atoms with van der Waals surface area (Å²) in [5.41, 5.74) is 4.99. The molecule has 0 aliphatic carbocycles. The number of carbonyl (C=O) groups is 1. The van der Waals surface area contributed by atoms with Gasteiger partial charge in [0.05, 0.1) is 12.0 Å². The predicted molar refractivity (Wildman–Crippen MR) is 85.6 cm³/mol. The minimum Gasteiger partial charge on any atom is -0.465 e. The molecule has 3 nitrogen and oxygen atoms in total. The number of hydrogen-bond donors (Lipinski definition) is 1. The van der Waals surface area contributed by atoms with Crippen molar-refractivity contribution in [2.45, 2.75) is 85.0 Å². The second-order valence-corrected chi connectivity index (χ2v) is 6.41. The molecule has 0 radical (unpaired) electrons. The van der Waals surface area contributed by atoms with E-state index in [0.717, 1.165) is 12.8 Å². The van der Waals surface area contributed by atoms with E-state index in [4.69, 9.17) is 10.5 Å². The van der Waals surface area contributed by atoms with Gasteiger partial charge in [0.2, 0.25) is 0 Å². The molecule has 0 saturated heterocycles. The summed E-state index contributed by atoms with van der Waals surface area (Å²) in [6.07, 6.45) is 12.9. The van der Waals surface area contributed by atoms with Crippen molar-refractivity contribution >= 4 is 5.97 Å². The van der Waals surface area contributed by atoms with Crippen LogP contribution in [0.3, 0.4) is 0 Å².